The van der Waals surface area contributed by atoms with Crippen LogP contribution >= 0.6 is 0 Å². The van der Waals surface area contributed by atoms with E-state index in [1.165, 1.54) is 51.4 Å². The van der Waals surface area contributed by atoms with Gasteiger partial charge in [0.1, 0.15) is 0 Å². The average molecular weight is 284 g/mol. The molecule has 0 radical (unpaired) electrons. The Morgan fingerprint density at radius 3 is 2.05 bits per heavy atom. The van der Waals surface area contributed by atoms with Gasteiger partial charge in [-0.2, -0.15) is 5.11 Å². The Morgan fingerprint density at radius 1 is 0.800 bits per heavy atom. The smallest absolute Gasteiger partial charge is 0.0617 e. The molecule has 0 fully saturated rings. The van der Waals surface area contributed by atoms with Gasteiger partial charge in [-0.1, -0.05) is 71.4 Å². The van der Waals surface area contributed by atoms with Gasteiger partial charge in [0.2, 0.25) is 0 Å². The summed E-state index contributed by atoms with van der Waals surface area (Å²) in [4.78, 5) is 0. The summed E-state index contributed by atoms with van der Waals surface area (Å²) in [6.07, 6.45) is 11.8. The molecule has 0 aromatic heterocycles. The molecule has 120 valence electrons. The lowest BCUT2D eigenvalue weighted by atomic mass is 10.1. The zero-order valence-electron chi connectivity index (χ0n) is 14.4. The van der Waals surface area contributed by atoms with Gasteiger partial charge in [0.05, 0.1) is 6.54 Å². The normalized spacial score (nSPS) is 11.7. The standard InChI is InChI=1S/C17H37N3/c1-5-7-8-9-10-11-12-15-20(16-13-17(3)4)19-18-14-6-2/h17H,5-16H2,1-4H3/b19-18-. The highest BCUT2D eigenvalue weighted by Crippen LogP contribution is 2.09. The molecule has 0 amide bonds. The molecule has 0 N–H and O–H groups in total. The number of unbranched alkanes of at least 4 members (excludes halogenated alkanes) is 6. The maximum atomic E-state index is 4.39. The Hall–Kier alpha value is -0.600. The lowest BCUT2D eigenvalue weighted by Gasteiger charge is -2.18. The topological polar surface area (TPSA) is 28.0 Å². The molecule has 0 heterocycles. The summed E-state index contributed by atoms with van der Waals surface area (Å²) >= 11 is 0. The van der Waals surface area contributed by atoms with Crippen LogP contribution in [0.1, 0.15) is 85.5 Å². The highest BCUT2D eigenvalue weighted by Gasteiger charge is 2.03. The van der Waals surface area contributed by atoms with Crippen molar-refractivity contribution in [2.45, 2.75) is 85.5 Å². The molecule has 0 aliphatic carbocycles. The molecule has 0 spiro atoms. The van der Waals surface area contributed by atoms with E-state index in [0.717, 1.165) is 32.0 Å². The van der Waals surface area contributed by atoms with Crippen molar-refractivity contribution in [3.05, 3.63) is 0 Å². The largest absolute Gasteiger partial charge is 0.279 e. The van der Waals surface area contributed by atoms with Gasteiger partial charge in [0.25, 0.3) is 0 Å². The molecule has 3 heteroatoms. The van der Waals surface area contributed by atoms with Crippen LogP contribution in [0.3, 0.4) is 0 Å². The molecule has 0 saturated heterocycles. The summed E-state index contributed by atoms with van der Waals surface area (Å²) in [6, 6.07) is 0. The number of rotatable bonds is 14. The van der Waals surface area contributed by atoms with Gasteiger partial charge in [0, 0.05) is 13.1 Å². The van der Waals surface area contributed by atoms with Gasteiger partial charge >= 0.3 is 0 Å². The summed E-state index contributed by atoms with van der Waals surface area (Å²) in [7, 11) is 0. The maximum Gasteiger partial charge on any atom is 0.0617 e. The molecule has 0 aromatic carbocycles. The fourth-order valence-electron chi connectivity index (χ4n) is 2.09. The number of hydrogen-bond donors (Lipinski definition) is 0. The van der Waals surface area contributed by atoms with Crippen LogP contribution in [0, 0.1) is 5.92 Å². The summed E-state index contributed by atoms with van der Waals surface area (Å²) in [5, 5.41) is 10.8. The second kappa shape index (κ2) is 14.8. The minimum atomic E-state index is 0.743. The van der Waals surface area contributed by atoms with Crippen LogP contribution in [-0.2, 0) is 0 Å². The van der Waals surface area contributed by atoms with Gasteiger partial charge in [-0.3, -0.25) is 5.01 Å². The van der Waals surface area contributed by atoms with E-state index in [1.54, 1.807) is 0 Å². The van der Waals surface area contributed by atoms with Crippen LogP contribution in [0.5, 0.6) is 0 Å². The zero-order chi connectivity index (χ0) is 15.1. The van der Waals surface area contributed by atoms with Crippen molar-refractivity contribution >= 4 is 0 Å². The zero-order valence-corrected chi connectivity index (χ0v) is 14.4. The minimum absolute atomic E-state index is 0.743. The van der Waals surface area contributed by atoms with Gasteiger partial charge in [-0.25, -0.2) is 0 Å². The van der Waals surface area contributed by atoms with Crippen molar-refractivity contribution in [2.24, 2.45) is 16.3 Å². The van der Waals surface area contributed by atoms with Crippen molar-refractivity contribution in [1.82, 2.24) is 5.01 Å². The Bertz CT molecular complexity index is 214. The predicted molar refractivity (Wildman–Crippen MR) is 89.0 cm³/mol. The maximum absolute atomic E-state index is 4.39. The highest BCUT2D eigenvalue weighted by molar-refractivity contribution is 4.55. The second-order valence-electron chi connectivity index (χ2n) is 6.21. The molecule has 0 aromatic rings. The third-order valence-corrected chi connectivity index (χ3v) is 3.50. The Morgan fingerprint density at radius 2 is 1.45 bits per heavy atom. The van der Waals surface area contributed by atoms with Crippen LogP contribution in [0.4, 0.5) is 0 Å². The van der Waals surface area contributed by atoms with Crippen LogP contribution in [0.25, 0.3) is 0 Å². The first-order valence-electron chi connectivity index (χ1n) is 8.83. The molecule has 0 aliphatic rings. The van der Waals surface area contributed by atoms with E-state index in [0.29, 0.717) is 0 Å². The first-order valence-corrected chi connectivity index (χ1v) is 8.83. The summed E-state index contributed by atoms with van der Waals surface area (Å²) in [6.45, 7) is 12.0. The van der Waals surface area contributed by atoms with E-state index in [4.69, 9.17) is 0 Å². The van der Waals surface area contributed by atoms with E-state index in [1.807, 2.05) is 0 Å². The Labute approximate surface area is 127 Å². The van der Waals surface area contributed by atoms with Crippen molar-refractivity contribution < 1.29 is 0 Å². The van der Waals surface area contributed by atoms with Gasteiger partial charge in [0.15, 0.2) is 0 Å². The van der Waals surface area contributed by atoms with Crippen molar-refractivity contribution in [3.8, 4) is 0 Å². The molecule has 0 aliphatic heterocycles. The second-order valence-corrected chi connectivity index (χ2v) is 6.21. The monoisotopic (exact) mass is 283 g/mol. The van der Waals surface area contributed by atoms with Crippen molar-refractivity contribution in [3.63, 3.8) is 0 Å². The fourth-order valence-corrected chi connectivity index (χ4v) is 2.09. The third-order valence-electron chi connectivity index (χ3n) is 3.50. The lowest BCUT2D eigenvalue weighted by Crippen LogP contribution is -2.21. The summed E-state index contributed by atoms with van der Waals surface area (Å²) < 4.78 is 0. The Kier molecular flexibility index (Phi) is 14.4. The highest BCUT2D eigenvalue weighted by atomic mass is 15.5. The minimum Gasteiger partial charge on any atom is -0.279 e. The van der Waals surface area contributed by atoms with E-state index in [-0.39, 0.29) is 0 Å². The molecule has 0 rings (SSSR count). The van der Waals surface area contributed by atoms with E-state index in [9.17, 15) is 0 Å². The quantitative estimate of drug-likeness (QED) is 0.223. The van der Waals surface area contributed by atoms with Crippen LogP contribution in [0.15, 0.2) is 10.3 Å². The first-order chi connectivity index (χ1) is 9.70. The summed E-state index contributed by atoms with van der Waals surface area (Å²) in [5.41, 5.74) is 0. The predicted octanol–water partition coefficient (Wildman–Crippen LogP) is 5.86. The van der Waals surface area contributed by atoms with Crippen molar-refractivity contribution in [1.29, 1.82) is 0 Å². The van der Waals surface area contributed by atoms with Gasteiger partial charge in [-0.15, -0.1) is 0 Å². The SMILES string of the molecule is CCCCCCCCCN(CCC(C)C)/N=N\CCC. The van der Waals surface area contributed by atoms with Gasteiger partial charge in [-0.05, 0) is 25.2 Å². The van der Waals surface area contributed by atoms with Gasteiger partial charge < -0.3 is 0 Å². The molecule has 0 atom stereocenters. The average Bonchev–Trinajstić information content (AvgIpc) is 2.43. The molecular weight excluding hydrogens is 246 g/mol. The van der Waals surface area contributed by atoms with Crippen molar-refractivity contribution in [2.75, 3.05) is 19.6 Å². The van der Waals surface area contributed by atoms with Crippen LogP contribution < -0.4 is 0 Å². The number of hydrogen-bond acceptors (Lipinski definition) is 2. The molecule has 0 unspecified atom stereocenters. The number of nitrogens with zero attached hydrogens (tertiary/aromatic N) is 3. The van der Waals surface area contributed by atoms with Crippen LogP contribution in [0.2, 0.25) is 0 Å². The fraction of sp³-hybridized carbons (Fsp3) is 1.00. The first kappa shape index (κ1) is 19.4. The van der Waals surface area contributed by atoms with E-state index >= 15 is 0 Å². The lowest BCUT2D eigenvalue weighted by molar-refractivity contribution is 0.243. The molecule has 0 saturated carbocycles. The molecule has 0 bridgehead atoms. The Balaban J connectivity index is 3.73. The molecule has 20 heavy (non-hydrogen) atoms. The summed E-state index contributed by atoms with van der Waals surface area (Å²) in [5.74, 6) is 0.743. The van der Waals surface area contributed by atoms with E-state index < -0.39 is 0 Å². The van der Waals surface area contributed by atoms with Crippen LogP contribution in [-0.4, -0.2) is 24.6 Å². The molecular formula is C17H37N3. The van der Waals surface area contributed by atoms with E-state index in [2.05, 4.69) is 43.0 Å². The molecule has 3 nitrogen and oxygen atoms in total. The third kappa shape index (κ3) is 13.8.